The number of urea groups is 1. The minimum Gasteiger partial charge on any atom is -0.350 e. The monoisotopic (exact) mass is 460 g/mol. The van der Waals surface area contributed by atoms with Crippen molar-refractivity contribution in [2.24, 2.45) is 0 Å². The fraction of sp³-hybridized carbons (Fsp3) is 0.273. The van der Waals surface area contributed by atoms with E-state index in [1.165, 1.54) is 49.4 Å². The number of anilines is 1. The highest BCUT2D eigenvalue weighted by molar-refractivity contribution is 6.34. The smallest absolute Gasteiger partial charge is 0.325 e. The number of halogens is 2. The number of carbonyl (C=O) groups is 4. The fourth-order valence-electron chi connectivity index (χ4n) is 3.26. The number of carbonyl (C=O) groups excluding carboxylic acids is 4. The number of benzene rings is 2. The summed E-state index contributed by atoms with van der Waals surface area (Å²) in [5, 5.41) is 7.99. The van der Waals surface area contributed by atoms with Crippen molar-refractivity contribution < 1.29 is 23.6 Å². The van der Waals surface area contributed by atoms with Gasteiger partial charge in [0.05, 0.1) is 10.7 Å². The third kappa shape index (κ3) is 4.72. The molecule has 1 aliphatic rings. The van der Waals surface area contributed by atoms with Gasteiger partial charge in [-0.05, 0) is 56.7 Å². The highest BCUT2D eigenvalue weighted by atomic mass is 35.5. The summed E-state index contributed by atoms with van der Waals surface area (Å²) in [6, 6.07) is 8.70. The molecule has 32 heavy (non-hydrogen) atoms. The molecule has 1 saturated heterocycles. The molecule has 1 fully saturated rings. The number of rotatable bonds is 6. The first kappa shape index (κ1) is 23.2. The summed E-state index contributed by atoms with van der Waals surface area (Å²) >= 11 is 6.13. The minimum absolute atomic E-state index is 0.0775. The van der Waals surface area contributed by atoms with Gasteiger partial charge in [-0.25, -0.2) is 9.18 Å². The Hall–Kier alpha value is -3.46. The van der Waals surface area contributed by atoms with Crippen LogP contribution in [0.4, 0.5) is 14.9 Å². The number of amides is 5. The Morgan fingerprint density at radius 3 is 2.44 bits per heavy atom. The number of nitrogens with zero attached hydrogens (tertiary/aromatic N) is 1. The first-order chi connectivity index (χ1) is 15.0. The maximum atomic E-state index is 13.2. The Morgan fingerprint density at radius 2 is 1.81 bits per heavy atom. The van der Waals surface area contributed by atoms with Gasteiger partial charge in [0.1, 0.15) is 17.9 Å². The molecule has 1 aliphatic heterocycles. The van der Waals surface area contributed by atoms with Crippen LogP contribution in [0.15, 0.2) is 42.5 Å². The van der Waals surface area contributed by atoms with Crippen LogP contribution < -0.4 is 16.0 Å². The van der Waals surface area contributed by atoms with E-state index in [1.807, 2.05) is 13.8 Å². The summed E-state index contributed by atoms with van der Waals surface area (Å²) in [7, 11) is 0. The van der Waals surface area contributed by atoms with Crippen LogP contribution in [-0.2, 0) is 15.1 Å². The second-order valence-corrected chi connectivity index (χ2v) is 8.23. The van der Waals surface area contributed by atoms with Crippen molar-refractivity contribution >= 4 is 41.0 Å². The Kier molecular flexibility index (Phi) is 6.50. The fourth-order valence-corrected chi connectivity index (χ4v) is 3.43. The summed E-state index contributed by atoms with van der Waals surface area (Å²) in [5.41, 5.74) is -0.594. The molecule has 1 unspecified atom stereocenters. The average Bonchev–Trinajstić information content (AvgIpc) is 2.93. The molecule has 0 aromatic heterocycles. The second-order valence-electron chi connectivity index (χ2n) is 7.82. The molecular weight excluding hydrogens is 439 g/mol. The molecular formula is C22H22ClFN4O4. The van der Waals surface area contributed by atoms with Crippen LogP contribution >= 0.6 is 11.6 Å². The van der Waals surface area contributed by atoms with Gasteiger partial charge >= 0.3 is 6.03 Å². The summed E-state index contributed by atoms with van der Waals surface area (Å²) < 4.78 is 13.2. The van der Waals surface area contributed by atoms with E-state index < -0.39 is 35.7 Å². The van der Waals surface area contributed by atoms with Gasteiger partial charge in [-0.15, -0.1) is 0 Å². The lowest BCUT2D eigenvalue weighted by Gasteiger charge is -2.22. The van der Waals surface area contributed by atoms with Crippen LogP contribution in [0.1, 0.15) is 36.7 Å². The molecule has 0 aliphatic carbocycles. The highest BCUT2D eigenvalue weighted by Gasteiger charge is 2.49. The summed E-state index contributed by atoms with van der Waals surface area (Å²) in [4.78, 5) is 50.9. The molecule has 0 saturated carbocycles. The molecule has 1 atom stereocenters. The molecule has 5 amide bonds. The van der Waals surface area contributed by atoms with Crippen molar-refractivity contribution in [3.63, 3.8) is 0 Å². The topological polar surface area (TPSA) is 108 Å². The first-order valence-corrected chi connectivity index (χ1v) is 10.2. The average molecular weight is 461 g/mol. The lowest BCUT2D eigenvalue weighted by Crippen LogP contribution is -2.42. The Morgan fingerprint density at radius 1 is 1.16 bits per heavy atom. The standard InChI is InChI=1S/C22H22ClFN4O4/c1-12(2)25-19(30)13-4-9-16(23)17(10-13)26-18(29)11-28-20(31)22(3,27-21(28)32)14-5-7-15(24)8-6-14/h4-10,12H,11H2,1-3H3,(H,25,30)(H,26,29)(H,27,32). The predicted molar refractivity (Wildman–Crippen MR) is 117 cm³/mol. The van der Waals surface area contributed by atoms with E-state index in [0.717, 1.165) is 4.90 Å². The van der Waals surface area contributed by atoms with Crippen molar-refractivity contribution in [3.8, 4) is 0 Å². The zero-order valence-corrected chi connectivity index (χ0v) is 18.4. The van der Waals surface area contributed by atoms with Crippen LogP contribution in [0.3, 0.4) is 0 Å². The van der Waals surface area contributed by atoms with Crippen molar-refractivity contribution in [3.05, 3.63) is 64.4 Å². The SMILES string of the molecule is CC(C)NC(=O)c1ccc(Cl)c(NC(=O)CN2C(=O)NC(C)(c3ccc(F)cc3)C2=O)c1. The van der Waals surface area contributed by atoms with Crippen molar-refractivity contribution in [1.82, 2.24) is 15.5 Å². The zero-order chi connectivity index (χ0) is 23.6. The van der Waals surface area contributed by atoms with E-state index in [9.17, 15) is 23.6 Å². The second kappa shape index (κ2) is 8.96. The lowest BCUT2D eigenvalue weighted by atomic mass is 9.92. The van der Waals surface area contributed by atoms with Gasteiger partial charge in [-0.2, -0.15) is 0 Å². The van der Waals surface area contributed by atoms with Crippen molar-refractivity contribution in [2.45, 2.75) is 32.4 Å². The third-order valence-electron chi connectivity index (χ3n) is 4.92. The van der Waals surface area contributed by atoms with Gasteiger partial charge in [-0.1, -0.05) is 23.7 Å². The van der Waals surface area contributed by atoms with Gasteiger partial charge in [0.25, 0.3) is 11.8 Å². The van der Waals surface area contributed by atoms with Crippen LogP contribution in [0, 0.1) is 5.82 Å². The molecule has 0 spiro atoms. The predicted octanol–water partition coefficient (Wildman–Crippen LogP) is 3.02. The van der Waals surface area contributed by atoms with E-state index in [4.69, 9.17) is 11.6 Å². The minimum atomic E-state index is -1.43. The maximum Gasteiger partial charge on any atom is 0.325 e. The van der Waals surface area contributed by atoms with Gasteiger partial charge in [-0.3, -0.25) is 19.3 Å². The van der Waals surface area contributed by atoms with E-state index in [0.29, 0.717) is 5.56 Å². The highest BCUT2D eigenvalue weighted by Crippen LogP contribution is 2.29. The molecule has 3 N–H and O–H groups in total. The first-order valence-electron chi connectivity index (χ1n) is 9.81. The number of imide groups is 1. The van der Waals surface area contributed by atoms with Gasteiger partial charge in [0, 0.05) is 11.6 Å². The van der Waals surface area contributed by atoms with Gasteiger partial charge in [0.15, 0.2) is 0 Å². The largest absolute Gasteiger partial charge is 0.350 e. The van der Waals surface area contributed by atoms with Crippen LogP contribution in [-0.4, -0.2) is 41.2 Å². The Bertz CT molecular complexity index is 1090. The molecule has 1 heterocycles. The third-order valence-corrected chi connectivity index (χ3v) is 5.25. The van der Waals surface area contributed by atoms with Gasteiger partial charge < -0.3 is 16.0 Å². The Balaban J connectivity index is 1.74. The molecule has 3 rings (SSSR count). The molecule has 10 heteroatoms. The maximum absolute atomic E-state index is 13.2. The zero-order valence-electron chi connectivity index (χ0n) is 17.7. The lowest BCUT2D eigenvalue weighted by molar-refractivity contribution is -0.133. The Labute approximate surface area is 189 Å². The molecule has 0 bridgehead atoms. The number of hydrogen-bond donors (Lipinski definition) is 3. The van der Waals surface area contributed by atoms with Gasteiger partial charge in [0.2, 0.25) is 5.91 Å². The summed E-state index contributed by atoms with van der Waals surface area (Å²) in [6.45, 7) is 4.54. The van der Waals surface area contributed by atoms with Crippen molar-refractivity contribution in [1.29, 1.82) is 0 Å². The molecule has 0 radical (unpaired) electrons. The van der Waals surface area contributed by atoms with E-state index in [2.05, 4.69) is 16.0 Å². The quantitative estimate of drug-likeness (QED) is 0.576. The molecule has 2 aromatic carbocycles. The van der Waals surface area contributed by atoms with Crippen molar-refractivity contribution in [2.75, 3.05) is 11.9 Å². The van der Waals surface area contributed by atoms with Crippen LogP contribution in [0.5, 0.6) is 0 Å². The molecule has 2 aromatic rings. The van der Waals surface area contributed by atoms with Crippen LogP contribution in [0.25, 0.3) is 0 Å². The molecule has 168 valence electrons. The normalized spacial score (nSPS) is 18.0. The number of nitrogens with one attached hydrogen (secondary N) is 3. The van der Waals surface area contributed by atoms with E-state index in [1.54, 1.807) is 0 Å². The summed E-state index contributed by atoms with van der Waals surface area (Å²) in [5.74, 6) is -2.15. The van der Waals surface area contributed by atoms with Crippen LogP contribution in [0.2, 0.25) is 5.02 Å². The summed E-state index contributed by atoms with van der Waals surface area (Å²) in [6.07, 6.45) is 0. The number of hydrogen-bond acceptors (Lipinski definition) is 4. The van der Waals surface area contributed by atoms with E-state index in [-0.39, 0.29) is 28.2 Å². The van der Waals surface area contributed by atoms with E-state index >= 15 is 0 Å². The molecule has 8 nitrogen and oxygen atoms in total.